The molecule has 0 aliphatic carbocycles. The molecule has 2 aliphatic heterocycles. The Morgan fingerprint density at radius 1 is 1.00 bits per heavy atom. The number of carbonyl (C=O) groups excluding carboxylic acids is 1. The molecule has 3 heterocycles. The fourth-order valence-electron chi connectivity index (χ4n) is 5.31. The van der Waals surface area contributed by atoms with Gasteiger partial charge < -0.3 is 31.3 Å². The lowest BCUT2D eigenvalue weighted by Crippen LogP contribution is -2.44. The number of anilines is 3. The minimum atomic E-state index is -0.627. The highest BCUT2D eigenvalue weighted by molar-refractivity contribution is 6.04. The van der Waals surface area contributed by atoms with E-state index in [4.69, 9.17) is 16.2 Å². The van der Waals surface area contributed by atoms with Crippen LogP contribution in [-0.4, -0.2) is 74.1 Å². The third-order valence-electron chi connectivity index (χ3n) is 7.85. The molecule has 0 spiro atoms. The molecule has 2 saturated heterocycles. The fraction of sp³-hybridized carbons (Fsp3) is 0.387. The normalized spacial score (nSPS) is 16.7. The molecule has 0 saturated carbocycles. The summed E-state index contributed by atoms with van der Waals surface area (Å²) >= 11 is 0. The number of hydrazone groups is 1. The van der Waals surface area contributed by atoms with Gasteiger partial charge in [-0.25, -0.2) is 19.2 Å². The number of nitrogen functional groups attached to an aromatic ring is 1. The number of ether oxygens (including phenoxy) is 1. The smallest absolute Gasteiger partial charge is 0.273 e. The van der Waals surface area contributed by atoms with Crippen LogP contribution < -0.4 is 27.1 Å². The topological polar surface area (TPSA) is 134 Å². The van der Waals surface area contributed by atoms with Gasteiger partial charge >= 0.3 is 0 Å². The molecule has 43 heavy (non-hydrogen) atoms. The number of likely N-dealkylation sites (N-methyl/N-ethyl adjacent to an activating group) is 1. The number of aromatic nitrogens is 1. The largest absolute Gasteiger partial charge is 0.383 e. The number of rotatable bonds is 9. The van der Waals surface area contributed by atoms with Crippen molar-refractivity contribution in [3.63, 3.8) is 0 Å². The van der Waals surface area contributed by atoms with Crippen LogP contribution in [0, 0.1) is 11.6 Å². The second-order valence-electron chi connectivity index (χ2n) is 11.0. The standard InChI is InChI=1S/C31H38F2N8O2/c1-40-8-10-41(11-9-40)25-4-5-26(28(18-25)37-24-6-12-43-13-7-24)31(42)39-38-30(35)27-16-21(19-36-29(27)34)3-2-20-14-22(32)17-23(33)15-20/h4-5,14-19,24,37H,2-3,6-13H2,1H3,(H2,34,36)(H2,35,38)(H,39,42). The first-order valence-corrected chi connectivity index (χ1v) is 14.5. The molecule has 1 amide bonds. The molecular weight excluding hydrogens is 554 g/mol. The van der Waals surface area contributed by atoms with Crippen molar-refractivity contribution in [2.45, 2.75) is 31.7 Å². The van der Waals surface area contributed by atoms with Crippen molar-refractivity contribution in [3.8, 4) is 0 Å². The first kappa shape index (κ1) is 30.2. The van der Waals surface area contributed by atoms with Crippen molar-refractivity contribution in [1.82, 2.24) is 15.3 Å². The van der Waals surface area contributed by atoms with Gasteiger partial charge in [-0.05, 0) is 80.3 Å². The Morgan fingerprint density at radius 2 is 1.70 bits per heavy atom. The number of amidine groups is 1. The highest BCUT2D eigenvalue weighted by Crippen LogP contribution is 2.27. The summed E-state index contributed by atoms with van der Waals surface area (Å²) in [7, 11) is 2.12. The van der Waals surface area contributed by atoms with Gasteiger partial charge in [0.25, 0.3) is 5.91 Å². The molecular formula is C31H38F2N8O2. The summed E-state index contributed by atoms with van der Waals surface area (Å²) in [6.07, 6.45) is 4.12. The SMILES string of the molecule is CN1CCN(c2ccc(C(=O)NN=C(N)c3cc(CCc4cc(F)cc(F)c4)cnc3N)c(NC3CCOCC3)c2)CC1. The average Bonchev–Trinajstić information content (AvgIpc) is 3.00. The van der Waals surface area contributed by atoms with Crippen LogP contribution in [0.15, 0.2) is 53.8 Å². The second-order valence-corrected chi connectivity index (χ2v) is 11.0. The molecule has 0 unspecified atom stereocenters. The van der Waals surface area contributed by atoms with Gasteiger partial charge in [0.05, 0.1) is 11.1 Å². The zero-order valence-electron chi connectivity index (χ0n) is 24.3. The Bertz CT molecular complexity index is 1450. The van der Waals surface area contributed by atoms with Crippen LogP contribution in [0.25, 0.3) is 0 Å². The van der Waals surface area contributed by atoms with E-state index >= 15 is 0 Å². The van der Waals surface area contributed by atoms with E-state index in [0.717, 1.165) is 62.0 Å². The van der Waals surface area contributed by atoms with E-state index in [1.807, 2.05) is 18.2 Å². The minimum absolute atomic E-state index is 0.00926. The predicted molar refractivity (Wildman–Crippen MR) is 164 cm³/mol. The van der Waals surface area contributed by atoms with E-state index < -0.39 is 17.5 Å². The van der Waals surface area contributed by atoms with Gasteiger partial charge in [-0.15, -0.1) is 0 Å². The Labute approximate surface area is 250 Å². The van der Waals surface area contributed by atoms with Gasteiger partial charge in [0.1, 0.15) is 17.5 Å². The van der Waals surface area contributed by atoms with Gasteiger partial charge in [0, 0.05) is 69.1 Å². The maximum absolute atomic E-state index is 13.6. The molecule has 10 nitrogen and oxygen atoms in total. The summed E-state index contributed by atoms with van der Waals surface area (Å²) in [4.78, 5) is 22.2. The molecule has 228 valence electrons. The van der Waals surface area contributed by atoms with Crippen molar-refractivity contribution in [3.05, 3.63) is 82.5 Å². The number of halogens is 2. The number of hydrogen-bond donors (Lipinski definition) is 4. The minimum Gasteiger partial charge on any atom is -0.383 e. The molecule has 0 bridgehead atoms. The Kier molecular flexibility index (Phi) is 9.68. The number of nitrogens with two attached hydrogens (primary N) is 2. The van der Waals surface area contributed by atoms with Crippen LogP contribution >= 0.6 is 0 Å². The molecule has 5 rings (SSSR count). The summed E-state index contributed by atoms with van der Waals surface area (Å²) in [5, 5.41) is 7.69. The van der Waals surface area contributed by atoms with Crippen LogP contribution in [0.1, 0.15) is 39.9 Å². The zero-order valence-corrected chi connectivity index (χ0v) is 24.3. The number of amides is 1. The highest BCUT2D eigenvalue weighted by Gasteiger charge is 2.21. The van der Waals surface area contributed by atoms with Crippen LogP contribution in [0.5, 0.6) is 0 Å². The van der Waals surface area contributed by atoms with E-state index in [-0.39, 0.29) is 17.7 Å². The Balaban J connectivity index is 1.31. The number of nitrogens with one attached hydrogen (secondary N) is 2. The molecule has 12 heteroatoms. The van der Waals surface area contributed by atoms with E-state index in [0.29, 0.717) is 42.7 Å². The third kappa shape index (κ3) is 7.96. The van der Waals surface area contributed by atoms with Crippen molar-refractivity contribution in [2.75, 3.05) is 62.4 Å². The monoisotopic (exact) mass is 592 g/mol. The van der Waals surface area contributed by atoms with Gasteiger partial charge in [0.15, 0.2) is 5.84 Å². The maximum Gasteiger partial charge on any atom is 0.273 e. The van der Waals surface area contributed by atoms with E-state index in [1.165, 1.54) is 12.1 Å². The predicted octanol–water partition coefficient (Wildman–Crippen LogP) is 3.12. The van der Waals surface area contributed by atoms with Crippen molar-refractivity contribution >= 4 is 28.9 Å². The number of aryl methyl sites for hydroxylation is 2. The summed E-state index contributed by atoms with van der Waals surface area (Å²) in [5.41, 5.74) is 18.7. The summed E-state index contributed by atoms with van der Waals surface area (Å²) < 4.78 is 32.6. The highest BCUT2D eigenvalue weighted by atomic mass is 19.1. The molecule has 3 aromatic rings. The van der Waals surface area contributed by atoms with Gasteiger partial charge in [-0.1, -0.05) is 0 Å². The van der Waals surface area contributed by atoms with Crippen LogP contribution in [0.3, 0.4) is 0 Å². The molecule has 1 aromatic heterocycles. The lowest BCUT2D eigenvalue weighted by atomic mass is 10.0. The summed E-state index contributed by atoms with van der Waals surface area (Å²) in [6.45, 7) is 5.11. The van der Waals surface area contributed by atoms with Crippen molar-refractivity contribution in [2.24, 2.45) is 10.8 Å². The molecule has 2 aromatic carbocycles. The molecule has 0 radical (unpaired) electrons. The number of piperazine rings is 1. The van der Waals surface area contributed by atoms with E-state index in [1.54, 1.807) is 12.3 Å². The van der Waals surface area contributed by atoms with Crippen LogP contribution in [-0.2, 0) is 17.6 Å². The maximum atomic E-state index is 13.6. The van der Waals surface area contributed by atoms with Crippen LogP contribution in [0.2, 0.25) is 0 Å². The van der Waals surface area contributed by atoms with Crippen molar-refractivity contribution < 1.29 is 18.3 Å². The first-order valence-electron chi connectivity index (χ1n) is 14.5. The quantitative estimate of drug-likeness (QED) is 0.169. The molecule has 6 N–H and O–H groups in total. The Morgan fingerprint density at radius 3 is 2.42 bits per heavy atom. The average molecular weight is 593 g/mol. The molecule has 0 atom stereocenters. The summed E-state index contributed by atoms with van der Waals surface area (Å²) in [5.74, 6) is -1.53. The lowest BCUT2D eigenvalue weighted by molar-refractivity contribution is 0.0903. The fourth-order valence-corrected chi connectivity index (χ4v) is 5.31. The number of benzene rings is 2. The van der Waals surface area contributed by atoms with E-state index in [9.17, 15) is 13.6 Å². The molecule has 2 fully saturated rings. The Hall–Kier alpha value is -4.29. The third-order valence-corrected chi connectivity index (χ3v) is 7.85. The van der Waals surface area contributed by atoms with Gasteiger partial charge in [-0.3, -0.25) is 4.79 Å². The van der Waals surface area contributed by atoms with Gasteiger partial charge in [-0.2, -0.15) is 5.10 Å². The second kappa shape index (κ2) is 13.8. The number of carbonyl (C=O) groups is 1. The molecule has 2 aliphatic rings. The van der Waals surface area contributed by atoms with E-state index in [2.05, 4.69) is 37.7 Å². The zero-order chi connectivity index (χ0) is 30.3. The summed E-state index contributed by atoms with van der Waals surface area (Å²) in [6, 6.07) is 11.1. The van der Waals surface area contributed by atoms with Gasteiger partial charge in [0.2, 0.25) is 0 Å². The number of pyridine rings is 1. The van der Waals surface area contributed by atoms with Crippen molar-refractivity contribution in [1.29, 1.82) is 0 Å². The first-order chi connectivity index (χ1) is 20.7. The lowest BCUT2D eigenvalue weighted by Gasteiger charge is -2.34. The number of nitrogens with zero attached hydrogens (tertiary/aromatic N) is 4. The number of hydrogen-bond acceptors (Lipinski definition) is 8. The van der Waals surface area contributed by atoms with Crippen LogP contribution in [0.4, 0.5) is 26.0 Å².